The lowest BCUT2D eigenvalue weighted by atomic mass is 9.94. The van der Waals surface area contributed by atoms with Gasteiger partial charge in [-0.15, -0.1) is 0 Å². The van der Waals surface area contributed by atoms with Gasteiger partial charge in [0.05, 0.1) is 17.7 Å². The normalized spacial score (nSPS) is 16.2. The quantitative estimate of drug-likeness (QED) is 0.552. The molecule has 154 valence electrons. The summed E-state index contributed by atoms with van der Waals surface area (Å²) in [5.74, 6) is 0.185. The zero-order chi connectivity index (χ0) is 21.7. The molecule has 0 aliphatic carbocycles. The van der Waals surface area contributed by atoms with E-state index >= 15 is 0 Å². The van der Waals surface area contributed by atoms with Crippen molar-refractivity contribution < 1.29 is 14.3 Å². The molecule has 1 aliphatic heterocycles. The van der Waals surface area contributed by atoms with Crippen LogP contribution in [0.2, 0.25) is 0 Å². The maximum atomic E-state index is 13.0. The van der Waals surface area contributed by atoms with Crippen LogP contribution >= 0.6 is 12.2 Å². The number of rotatable bonds is 6. The highest BCUT2D eigenvalue weighted by atomic mass is 32.1. The summed E-state index contributed by atoms with van der Waals surface area (Å²) in [5.41, 5.74) is 2.91. The topological polar surface area (TPSA) is 74.6 Å². The van der Waals surface area contributed by atoms with E-state index in [0.717, 1.165) is 11.3 Å². The van der Waals surface area contributed by atoms with Crippen molar-refractivity contribution in [2.75, 3.05) is 11.5 Å². The fourth-order valence-corrected chi connectivity index (χ4v) is 3.66. The van der Waals surface area contributed by atoms with Gasteiger partial charge in [-0.25, -0.2) is 4.79 Å². The number of thiocarbonyl (C=S) groups is 1. The lowest BCUT2D eigenvalue weighted by molar-refractivity contribution is -0.143. The molecule has 7 heteroatoms. The average Bonchev–Trinajstić information content (AvgIpc) is 2.72. The number of ether oxygens (including phenoxy) is 2. The summed E-state index contributed by atoms with van der Waals surface area (Å²) in [5, 5.41) is 12.4. The first-order valence-electron chi connectivity index (χ1n) is 9.59. The second kappa shape index (κ2) is 9.42. The smallest absolute Gasteiger partial charge is 0.338 e. The van der Waals surface area contributed by atoms with E-state index in [1.807, 2.05) is 74.2 Å². The Hall–Kier alpha value is -3.37. The lowest BCUT2D eigenvalue weighted by Gasteiger charge is -2.37. The Bertz CT molecular complexity index is 995. The monoisotopic (exact) mass is 421 g/mol. The number of benzene rings is 2. The molecule has 1 aliphatic rings. The van der Waals surface area contributed by atoms with E-state index in [1.165, 1.54) is 0 Å². The van der Waals surface area contributed by atoms with E-state index in [-0.39, 0.29) is 12.7 Å². The number of hydrogen-bond acceptors (Lipinski definition) is 5. The van der Waals surface area contributed by atoms with Crippen LogP contribution in [0.4, 0.5) is 5.69 Å². The van der Waals surface area contributed by atoms with E-state index in [9.17, 15) is 4.79 Å². The number of hydrogen-bond donors (Lipinski definition) is 1. The van der Waals surface area contributed by atoms with Crippen molar-refractivity contribution in [2.24, 2.45) is 0 Å². The predicted molar refractivity (Wildman–Crippen MR) is 119 cm³/mol. The van der Waals surface area contributed by atoms with Crippen molar-refractivity contribution in [3.8, 4) is 11.8 Å². The molecular formula is C23H23N3O3S. The van der Waals surface area contributed by atoms with Crippen LogP contribution in [0.15, 0.2) is 65.9 Å². The van der Waals surface area contributed by atoms with Gasteiger partial charge >= 0.3 is 5.97 Å². The molecule has 0 spiro atoms. The van der Waals surface area contributed by atoms with E-state index < -0.39 is 12.0 Å². The Labute approximate surface area is 181 Å². The van der Waals surface area contributed by atoms with E-state index in [1.54, 1.807) is 12.1 Å². The van der Waals surface area contributed by atoms with Gasteiger partial charge in [-0.05, 0) is 62.8 Å². The summed E-state index contributed by atoms with van der Waals surface area (Å²) < 4.78 is 10.9. The fraction of sp³-hybridized carbons (Fsp3) is 0.261. The highest BCUT2D eigenvalue weighted by Crippen LogP contribution is 2.34. The summed E-state index contributed by atoms with van der Waals surface area (Å²) in [6.45, 7) is 5.48. The lowest BCUT2D eigenvalue weighted by Crippen LogP contribution is -2.48. The first-order valence-corrected chi connectivity index (χ1v) is 10.00. The Balaban J connectivity index is 2.03. The molecule has 3 rings (SSSR count). The number of allylic oxidation sites excluding steroid dienone is 1. The summed E-state index contributed by atoms with van der Waals surface area (Å²) in [6.07, 6.45) is -0.251. The molecule has 2 aromatic rings. The molecular weight excluding hydrogens is 398 g/mol. The number of para-hydroxylation sites is 1. The first kappa shape index (κ1) is 21.3. The maximum Gasteiger partial charge on any atom is 0.338 e. The Morgan fingerprint density at radius 1 is 1.20 bits per heavy atom. The van der Waals surface area contributed by atoms with Gasteiger partial charge in [0.15, 0.2) is 11.7 Å². The molecule has 0 amide bonds. The predicted octanol–water partition coefficient (Wildman–Crippen LogP) is 4.25. The van der Waals surface area contributed by atoms with Gasteiger partial charge in [0.25, 0.3) is 0 Å². The summed E-state index contributed by atoms with van der Waals surface area (Å²) >= 11 is 5.64. The zero-order valence-electron chi connectivity index (χ0n) is 17.1. The Morgan fingerprint density at radius 3 is 2.47 bits per heavy atom. The van der Waals surface area contributed by atoms with Gasteiger partial charge in [0.2, 0.25) is 0 Å². The van der Waals surface area contributed by atoms with Crippen LogP contribution in [0, 0.1) is 11.3 Å². The van der Waals surface area contributed by atoms with Crippen molar-refractivity contribution >= 4 is 29.0 Å². The number of esters is 1. The van der Waals surface area contributed by atoms with Crippen molar-refractivity contribution in [1.82, 2.24) is 5.32 Å². The van der Waals surface area contributed by atoms with Gasteiger partial charge in [-0.3, -0.25) is 4.90 Å². The second-order valence-electron chi connectivity index (χ2n) is 7.02. The van der Waals surface area contributed by atoms with Crippen LogP contribution in [0.5, 0.6) is 5.75 Å². The number of anilines is 1. The van der Waals surface area contributed by atoms with Crippen molar-refractivity contribution in [2.45, 2.75) is 32.9 Å². The third-order valence-electron chi connectivity index (χ3n) is 4.58. The average molecular weight is 422 g/mol. The van der Waals surface area contributed by atoms with E-state index in [0.29, 0.717) is 22.1 Å². The number of nitrogens with zero attached hydrogens (tertiary/aromatic N) is 2. The molecule has 0 bridgehead atoms. The van der Waals surface area contributed by atoms with Crippen LogP contribution in [0.25, 0.3) is 0 Å². The minimum absolute atomic E-state index is 0.0257. The molecule has 0 fully saturated rings. The number of carbonyl (C=O) groups excluding carboxylic acids is 1. The third kappa shape index (κ3) is 4.61. The van der Waals surface area contributed by atoms with Crippen LogP contribution in [-0.4, -0.2) is 23.8 Å². The molecule has 2 aromatic carbocycles. The van der Waals surface area contributed by atoms with Gasteiger partial charge in [0, 0.05) is 11.4 Å². The first-order chi connectivity index (χ1) is 14.4. The summed E-state index contributed by atoms with van der Waals surface area (Å²) in [6, 6.07) is 18.3. The fourth-order valence-electron chi connectivity index (χ4n) is 3.30. The van der Waals surface area contributed by atoms with Gasteiger partial charge < -0.3 is 14.8 Å². The minimum atomic E-state index is -0.464. The third-order valence-corrected chi connectivity index (χ3v) is 4.88. The second-order valence-corrected chi connectivity index (χ2v) is 7.41. The molecule has 0 saturated heterocycles. The molecule has 0 saturated carbocycles. The zero-order valence-corrected chi connectivity index (χ0v) is 17.9. The summed E-state index contributed by atoms with van der Waals surface area (Å²) in [7, 11) is 0. The van der Waals surface area contributed by atoms with E-state index in [4.69, 9.17) is 27.0 Å². The Kier molecular flexibility index (Phi) is 6.70. The molecule has 0 radical (unpaired) electrons. The van der Waals surface area contributed by atoms with Crippen molar-refractivity contribution in [3.05, 3.63) is 71.4 Å². The van der Waals surface area contributed by atoms with E-state index in [2.05, 4.69) is 5.32 Å². The van der Waals surface area contributed by atoms with Crippen molar-refractivity contribution in [1.29, 1.82) is 5.26 Å². The Morgan fingerprint density at radius 2 is 1.87 bits per heavy atom. The van der Waals surface area contributed by atoms with Crippen molar-refractivity contribution in [3.63, 3.8) is 0 Å². The van der Waals surface area contributed by atoms with Crippen LogP contribution in [0.1, 0.15) is 32.4 Å². The SMILES string of the molecule is CC1=C(C(=O)OC(C)C)[C@H](c2ccc(OCC#N)cc2)NC(=S)N1c1ccccc1. The molecule has 6 nitrogen and oxygen atoms in total. The van der Waals surface area contributed by atoms with Crippen LogP contribution < -0.4 is 15.0 Å². The largest absolute Gasteiger partial charge is 0.479 e. The van der Waals surface area contributed by atoms with Gasteiger partial charge in [-0.2, -0.15) is 5.26 Å². The number of carbonyl (C=O) groups is 1. The molecule has 1 atom stereocenters. The molecule has 1 N–H and O–H groups in total. The van der Waals surface area contributed by atoms with Gasteiger partial charge in [-0.1, -0.05) is 30.3 Å². The molecule has 0 unspecified atom stereocenters. The van der Waals surface area contributed by atoms with Gasteiger partial charge in [0.1, 0.15) is 11.8 Å². The van der Waals surface area contributed by atoms with Crippen LogP contribution in [0.3, 0.4) is 0 Å². The molecule has 1 heterocycles. The highest BCUT2D eigenvalue weighted by Gasteiger charge is 2.35. The highest BCUT2D eigenvalue weighted by molar-refractivity contribution is 7.80. The standard InChI is InChI=1S/C23H23N3O3S/c1-15(2)29-22(27)20-16(3)26(18-7-5-4-6-8-18)23(30)25-21(20)17-9-11-19(12-10-17)28-14-13-24/h4-12,15,21H,14H2,1-3H3,(H,25,30)/t21-/m0/s1. The maximum absolute atomic E-state index is 13.0. The molecule has 0 aromatic heterocycles. The molecule has 30 heavy (non-hydrogen) atoms. The number of nitriles is 1. The summed E-state index contributed by atoms with van der Waals surface area (Å²) in [4.78, 5) is 14.9. The number of nitrogens with one attached hydrogen (secondary N) is 1. The van der Waals surface area contributed by atoms with Crippen LogP contribution in [-0.2, 0) is 9.53 Å². The minimum Gasteiger partial charge on any atom is -0.479 e.